The molecule has 1 aromatic rings. The third-order valence-electron chi connectivity index (χ3n) is 9.17. The molecule has 1 aromatic carbocycles. The Hall–Kier alpha value is -2.78. The minimum Gasteiger partial charge on any atom is -0.382 e. The molecule has 208 valence electrons. The topological polar surface area (TPSA) is 59.2 Å². The SMILES string of the molecule is C=CCC(C)(F)[C@@](C)(O)c1ccc(C(=O)CC(CC2CN2)C2CCC(C3=CC=C=C(C(=C)C)C=C3)CC2)cc1. The van der Waals surface area contributed by atoms with Crippen molar-refractivity contribution in [2.75, 3.05) is 6.54 Å². The molecule has 0 radical (unpaired) electrons. The maximum absolute atomic E-state index is 15.1. The molecule has 3 aliphatic rings. The lowest BCUT2D eigenvalue weighted by molar-refractivity contribution is -0.0853. The first kappa shape index (κ1) is 29.2. The van der Waals surface area contributed by atoms with E-state index in [1.807, 2.05) is 13.0 Å². The molecule has 3 nitrogen and oxygen atoms in total. The lowest BCUT2D eigenvalue weighted by atomic mass is 9.71. The van der Waals surface area contributed by atoms with Crippen LogP contribution >= 0.6 is 0 Å². The van der Waals surface area contributed by atoms with E-state index in [-0.39, 0.29) is 12.2 Å². The first-order valence-corrected chi connectivity index (χ1v) is 14.4. The quantitative estimate of drug-likeness (QED) is 0.126. The molecule has 1 saturated carbocycles. The van der Waals surface area contributed by atoms with E-state index in [1.54, 1.807) is 24.3 Å². The summed E-state index contributed by atoms with van der Waals surface area (Å²) in [5, 5.41) is 14.4. The van der Waals surface area contributed by atoms with E-state index < -0.39 is 11.3 Å². The lowest BCUT2D eigenvalue weighted by Gasteiger charge is -2.36. The number of carbonyl (C=O) groups excluding carboxylic acids is 1. The fourth-order valence-electron chi connectivity index (χ4n) is 6.14. The maximum atomic E-state index is 15.1. The first-order chi connectivity index (χ1) is 18.5. The lowest BCUT2D eigenvalue weighted by Crippen LogP contribution is -2.43. The second-order valence-corrected chi connectivity index (χ2v) is 12.2. The molecule has 1 saturated heterocycles. The second kappa shape index (κ2) is 12.2. The number of aliphatic hydroxyl groups is 1. The summed E-state index contributed by atoms with van der Waals surface area (Å²) in [4.78, 5) is 13.4. The largest absolute Gasteiger partial charge is 0.382 e. The molecule has 2 fully saturated rings. The van der Waals surface area contributed by atoms with Crippen molar-refractivity contribution < 1.29 is 14.3 Å². The van der Waals surface area contributed by atoms with Gasteiger partial charge in [-0.25, -0.2) is 4.39 Å². The summed E-state index contributed by atoms with van der Waals surface area (Å²) in [5.41, 5.74) is 4.31. The standard InChI is InChI=1S/C35H44FNO2/c1-6-20-34(4,36)35(5,39)31-18-16-29(17-19-31)33(38)22-30(21-32-23-37-32)28-14-12-27(13-15-28)26-9-7-8-25(10-11-26)24(2)3/h6-7,9-11,16-19,27-28,30,32,37,39H,1-2,12-15,20-23H2,3-5H3/t27?,28?,30?,32?,34?,35-/m0/s1. The maximum Gasteiger partial charge on any atom is 0.163 e. The molecule has 0 spiro atoms. The van der Waals surface area contributed by atoms with Crippen LogP contribution in [-0.4, -0.2) is 29.1 Å². The Balaban J connectivity index is 1.39. The predicted molar refractivity (Wildman–Crippen MR) is 158 cm³/mol. The van der Waals surface area contributed by atoms with Crippen LogP contribution in [0.25, 0.3) is 0 Å². The van der Waals surface area contributed by atoms with Crippen LogP contribution in [0.15, 0.2) is 90.3 Å². The van der Waals surface area contributed by atoms with E-state index >= 15 is 4.39 Å². The van der Waals surface area contributed by atoms with Gasteiger partial charge in [0.15, 0.2) is 5.78 Å². The number of hydrogen-bond donors (Lipinski definition) is 2. The summed E-state index contributed by atoms with van der Waals surface area (Å²) in [7, 11) is 0. The minimum absolute atomic E-state index is 0.0382. The third kappa shape index (κ3) is 7.06. The summed E-state index contributed by atoms with van der Waals surface area (Å²) in [6, 6.07) is 7.38. The molecular weight excluding hydrogens is 485 g/mol. The number of Topliss-reactive ketones (excluding diaryl/α,β-unsaturated/α-hetero) is 1. The van der Waals surface area contributed by atoms with E-state index in [0.717, 1.165) is 49.8 Å². The molecule has 0 aromatic heterocycles. The summed E-state index contributed by atoms with van der Waals surface area (Å²) in [6.07, 6.45) is 16.2. The molecule has 4 heteroatoms. The second-order valence-electron chi connectivity index (χ2n) is 12.2. The van der Waals surface area contributed by atoms with Gasteiger partial charge in [0.2, 0.25) is 0 Å². The number of carbonyl (C=O) groups is 1. The Morgan fingerprint density at radius 1 is 1.21 bits per heavy atom. The molecule has 1 heterocycles. The Morgan fingerprint density at radius 2 is 1.87 bits per heavy atom. The van der Waals surface area contributed by atoms with E-state index in [9.17, 15) is 9.90 Å². The molecular formula is C35H44FNO2. The van der Waals surface area contributed by atoms with Gasteiger partial charge in [-0.3, -0.25) is 4.79 Å². The number of alkyl halides is 1. The van der Waals surface area contributed by atoms with Gasteiger partial charge in [-0.2, -0.15) is 0 Å². The van der Waals surface area contributed by atoms with Gasteiger partial charge in [0.1, 0.15) is 11.3 Å². The van der Waals surface area contributed by atoms with Crippen molar-refractivity contribution in [3.8, 4) is 0 Å². The van der Waals surface area contributed by atoms with E-state index in [0.29, 0.717) is 41.3 Å². The van der Waals surface area contributed by atoms with Crippen LogP contribution in [-0.2, 0) is 5.60 Å². The van der Waals surface area contributed by atoms with Crippen LogP contribution in [0.5, 0.6) is 0 Å². The highest BCUT2D eigenvalue weighted by atomic mass is 19.1. The van der Waals surface area contributed by atoms with Crippen LogP contribution in [0.3, 0.4) is 0 Å². The van der Waals surface area contributed by atoms with Gasteiger partial charge in [0.25, 0.3) is 0 Å². The number of halogens is 1. The number of hydrogen-bond acceptors (Lipinski definition) is 3. The summed E-state index contributed by atoms with van der Waals surface area (Å²) in [6.45, 7) is 13.6. The smallest absolute Gasteiger partial charge is 0.163 e. The van der Waals surface area contributed by atoms with E-state index in [4.69, 9.17) is 0 Å². The van der Waals surface area contributed by atoms with Gasteiger partial charge in [0, 0.05) is 36.6 Å². The number of nitrogens with one attached hydrogen (secondary N) is 1. The molecule has 0 bridgehead atoms. The van der Waals surface area contributed by atoms with Crippen LogP contribution < -0.4 is 5.32 Å². The van der Waals surface area contributed by atoms with Gasteiger partial charge in [-0.1, -0.05) is 49.1 Å². The number of benzene rings is 1. The predicted octanol–water partition coefficient (Wildman–Crippen LogP) is 7.71. The van der Waals surface area contributed by atoms with E-state index in [2.05, 4.69) is 42.4 Å². The van der Waals surface area contributed by atoms with Gasteiger partial charge in [-0.05, 0) is 99.5 Å². The third-order valence-corrected chi connectivity index (χ3v) is 9.17. The summed E-state index contributed by atoms with van der Waals surface area (Å²) in [5.74, 6) is 1.55. The first-order valence-electron chi connectivity index (χ1n) is 14.4. The highest BCUT2D eigenvalue weighted by Crippen LogP contribution is 2.42. The van der Waals surface area contributed by atoms with Crippen molar-refractivity contribution >= 4 is 5.78 Å². The fourth-order valence-corrected chi connectivity index (χ4v) is 6.14. The highest BCUT2D eigenvalue weighted by molar-refractivity contribution is 5.96. The fraction of sp³-hybridized carbons (Fsp3) is 0.486. The molecule has 4 rings (SSSR count). The molecule has 0 amide bonds. The van der Waals surface area contributed by atoms with Crippen molar-refractivity contribution in [2.45, 2.75) is 83.0 Å². The molecule has 39 heavy (non-hydrogen) atoms. The van der Waals surface area contributed by atoms with E-state index in [1.165, 1.54) is 25.5 Å². The van der Waals surface area contributed by atoms with Gasteiger partial charge < -0.3 is 10.4 Å². The normalized spacial score (nSPS) is 26.3. The Bertz CT molecular complexity index is 1200. The molecule has 3 unspecified atom stereocenters. The zero-order valence-electron chi connectivity index (χ0n) is 23.8. The highest BCUT2D eigenvalue weighted by Gasteiger charge is 2.44. The minimum atomic E-state index is -1.86. The zero-order chi connectivity index (χ0) is 28.2. The van der Waals surface area contributed by atoms with Crippen LogP contribution in [0.1, 0.15) is 81.6 Å². The van der Waals surface area contributed by atoms with Gasteiger partial charge >= 0.3 is 0 Å². The molecule has 2 N–H and O–H groups in total. The van der Waals surface area contributed by atoms with Crippen molar-refractivity contribution in [1.82, 2.24) is 5.32 Å². The average molecular weight is 530 g/mol. The number of ketones is 1. The van der Waals surface area contributed by atoms with Gasteiger partial charge in [-0.15, -0.1) is 12.3 Å². The number of rotatable bonds is 12. The Morgan fingerprint density at radius 3 is 2.46 bits per heavy atom. The van der Waals surface area contributed by atoms with Gasteiger partial charge in [0.05, 0.1) is 0 Å². The van der Waals surface area contributed by atoms with Crippen LogP contribution in [0.4, 0.5) is 4.39 Å². The molecule has 1 aliphatic heterocycles. The van der Waals surface area contributed by atoms with Crippen molar-refractivity contribution in [3.63, 3.8) is 0 Å². The monoisotopic (exact) mass is 529 g/mol. The van der Waals surface area contributed by atoms with Crippen molar-refractivity contribution in [2.24, 2.45) is 17.8 Å². The van der Waals surface area contributed by atoms with Crippen molar-refractivity contribution in [1.29, 1.82) is 0 Å². The summed E-state index contributed by atoms with van der Waals surface area (Å²) < 4.78 is 15.1. The van der Waals surface area contributed by atoms with Crippen LogP contribution in [0.2, 0.25) is 0 Å². The molecule has 2 aliphatic carbocycles. The number of allylic oxidation sites excluding steroid dienone is 7. The Kier molecular flexibility index (Phi) is 9.11. The van der Waals surface area contributed by atoms with Crippen molar-refractivity contribution in [3.05, 3.63) is 101 Å². The molecule has 4 atom stereocenters. The average Bonchev–Trinajstić information content (AvgIpc) is 3.75. The Labute approximate surface area is 234 Å². The van der Waals surface area contributed by atoms with Crippen LogP contribution in [0, 0.1) is 17.8 Å². The zero-order valence-corrected chi connectivity index (χ0v) is 23.8. The summed E-state index contributed by atoms with van der Waals surface area (Å²) >= 11 is 0.